The zero-order valence-electron chi connectivity index (χ0n) is 10.9. The Bertz CT molecular complexity index is 642. The Kier molecular flexibility index (Phi) is 3.54. The molecule has 0 spiro atoms. The average molecular weight is 292 g/mol. The smallest absolute Gasteiger partial charge is 0.263 e. The minimum Gasteiger partial charge on any atom is -0.396 e. The van der Waals surface area contributed by atoms with Gasteiger partial charge in [0.05, 0.1) is 5.69 Å². The first-order chi connectivity index (χ1) is 9.70. The lowest BCUT2D eigenvalue weighted by Crippen LogP contribution is -2.38. The third-order valence-electron chi connectivity index (χ3n) is 3.78. The minimum atomic E-state index is -0.197. The number of anilines is 1. The monoisotopic (exact) mass is 292 g/mol. The van der Waals surface area contributed by atoms with Crippen LogP contribution >= 0.6 is 11.3 Å². The number of nitrogen functional groups attached to an aromatic ring is 1. The van der Waals surface area contributed by atoms with E-state index >= 15 is 0 Å². The highest BCUT2D eigenvalue weighted by atomic mass is 32.1. The summed E-state index contributed by atoms with van der Waals surface area (Å²) in [5, 5.41) is 12.3. The second-order valence-corrected chi connectivity index (χ2v) is 6.01. The number of rotatable bonds is 3. The molecule has 1 aliphatic rings. The third kappa shape index (κ3) is 2.23. The summed E-state index contributed by atoms with van der Waals surface area (Å²) in [5.41, 5.74) is 6.94. The fourth-order valence-electron chi connectivity index (χ4n) is 2.69. The van der Waals surface area contributed by atoms with E-state index in [1.807, 2.05) is 0 Å². The van der Waals surface area contributed by atoms with Crippen molar-refractivity contribution in [3.63, 3.8) is 0 Å². The van der Waals surface area contributed by atoms with Crippen molar-refractivity contribution in [2.75, 3.05) is 12.3 Å². The molecule has 1 amide bonds. The number of amides is 1. The number of aliphatic hydroxyl groups is 1. The van der Waals surface area contributed by atoms with Crippen molar-refractivity contribution in [2.45, 2.75) is 25.3 Å². The molecule has 0 aromatic carbocycles. The Labute approximate surface area is 120 Å². The van der Waals surface area contributed by atoms with E-state index in [-0.39, 0.29) is 24.5 Å². The lowest BCUT2D eigenvalue weighted by atomic mass is 10.1. The molecule has 0 saturated heterocycles. The number of thiophene rings is 1. The lowest BCUT2D eigenvalue weighted by molar-refractivity contribution is 0.0921. The van der Waals surface area contributed by atoms with E-state index in [2.05, 4.69) is 15.3 Å². The van der Waals surface area contributed by atoms with E-state index < -0.39 is 0 Å². The van der Waals surface area contributed by atoms with Crippen LogP contribution in [0.25, 0.3) is 10.3 Å². The summed E-state index contributed by atoms with van der Waals surface area (Å²) in [6.45, 7) is 0.107. The van der Waals surface area contributed by atoms with Gasteiger partial charge in [0.25, 0.3) is 5.91 Å². The van der Waals surface area contributed by atoms with E-state index in [9.17, 15) is 9.90 Å². The summed E-state index contributed by atoms with van der Waals surface area (Å²) in [7, 11) is 0. The Morgan fingerprint density at radius 1 is 1.45 bits per heavy atom. The average Bonchev–Trinajstić information content (AvgIpc) is 3.04. The molecular formula is C13H16N4O2S. The molecule has 7 heteroatoms. The van der Waals surface area contributed by atoms with Crippen LogP contribution in [0.1, 0.15) is 28.9 Å². The van der Waals surface area contributed by atoms with Crippen LogP contribution in [0, 0.1) is 5.92 Å². The maximum absolute atomic E-state index is 12.3. The second-order valence-electron chi connectivity index (χ2n) is 5.01. The molecule has 2 aromatic rings. The number of aromatic nitrogens is 2. The molecule has 106 valence electrons. The molecule has 3 rings (SSSR count). The van der Waals surface area contributed by atoms with Gasteiger partial charge in [-0.05, 0) is 12.8 Å². The highest BCUT2D eigenvalue weighted by Gasteiger charge is 2.29. The van der Waals surface area contributed by atoms with E-state index in [1.54, 1.807) is 12.4 Å². The van der Waals surface area contributed by atoms with Crippen LogP contribution in [0.15, 0.2) is 12.4 Å². The summed E-state index contributed by atoms with van der Waals surface area (Å²) in [4.78, 5) is 21.8. The predicted octanol–water partition coefficient (Wildman–Crippen LogP) is 1.16. The molecule has 1 aliphatic carbocycles. The van der Waals surface area contributed by atoms with Gasteiger partial charge in [0.1, 0.15) is 15.2 Å². The Morgan fingerprint density at radius 2 is 2.25 bits per heavy atom. The molecule has 6 nitrogen and oxygen atoms in total. The predicted molar refractivity (Wildman–Crippen MR) is 77.5 cm³/mol. The highest BCUT2D eigenvalue weighted by Crippen LogP contribution is 2.31. The number of carbonyl (C=O) groups is 1. The van der Waals surface area contributed by atoms with Gasteiger partial charge in [0, 0.05) is 31.0 Å². The Hall–Kier alpha value is -1.73. The van der Waals surface area contributed by atoms with Crippen molar-refractivity contribution in [2.24, 2.45) is 5.92 Å². The van der Waals surface area contributed by atoms with Crippen molar-refractivity contribution in [3.05, 3.63) is 17.3 Å². The molecule has 1 saturated carbocycles. The summed E-state index contributed by atoms with van der Waals surface area (Å²) in [6, 6.07) is 0.0260. The van der Waals surface area contributed by atoms with Crippen LogP contribution in [-0.2, 0) is 0 Å². The van der Waals surface area contributed by atoms with Crippen LogP contribution in [-0.4, -0.2) is 33.6 Å². The number of nitrogens with one attached hydrogen (secondary N) is 1. The first kappa shape index (κ1) is 13.3. The van der Waals surface area contributed by atoms with Gasteiger partial charge in [0.2, 0.25) is 0 Å². The second kappa shape index (κ2) is 5.34. The van der Waals surface area contributed by atoms with Gasteiger partial charge in [-0.15, -0.1) is 11.3 Å². The van der Waals surface area contributed by atoms with Crippen molar-refractivity contribution < 1.29 is 9.90 Å². The van der Waals surface area contributed by atoms with Crippen molar-refractivity contribution >= 4 is 33.3 Å². The van der Waals surface area contributed by atoms with Crippen LogP contribution in [0.4, 0.5) is 5.69 Å². The third-order valence-corrected chi connectivity index (χ3v) is 4.88. The molecule has 20 heavy (non-hydrogen) atoms. The molecule has 2 atom stereocenters. The number of nitrogens with two attached hydrogens (primary N) is 1. The standard InChI is InChI=1S/C13H16N4O2S/c14-9-10-13(16-5-4-15-10)20-11(9)12(19)17-8-3-1-2-7(8)6-18/h4-5,7-8,18H,1-3,6,14H2,(H,17,19). The van der Waals surface area contributed by atoms with Crippen LogP contribution in [0.2, 0.25) is 0 Å². The normalized spacial score (nSPS) is 22.2. The number of hydrogen-bond acceptors (Lipinski definition) is 6. The first-order valence-electron chi connectivity index (χ1n) is 6.61. The molecule has 0 bridgehead atoms. The number of carbonyl (C=O) groups excluding carboxylic acids is 1. The fourth-order valence-corrected chi connectivity index (χ4v) is 3.62. The van der Waals surface area contributed by atoms with Gasteiger partial charge in [0.15, 0.2) is 0 Å². The highest BCUT2D eigenvalue weighted by molar-refractivity contribution is 7.21. The number of hydrogen-bond donors (Lipinski definition) is 3. The summed E-state index contributed by atoms with van der Waals surface area (Å²) < 4.78 is 0. The first-order valence-corrected chi connectivity index (χ1v) is 7.43. The molecule has 0 radical (unpaired) electrons. The molecule has 2 aromatic heterocycles. The van der Waals surface area contributed by atoms with E-state index in [0.29, 0.717) is 20.9 Å². The van der Waals surface area contributed by atoms with Gasteiger partial charge in [-0.2, -0.15) is 0 Å². The quantitative estimate of drug-likeness (QED) is 0.788. The zero-order chi connectivity index (χ0) is 14.1. The molecule has 2 heterocycles. The topological polar surface area (TPSA) is 101 Å². The minimum absolute atomic E-state index is 0.0260. The molecule has 1 fully saturated rings. The molecular weight excluding hydrogens is 276 g/mol. The fraction of sp³-hybridized carbons (Fsp3) is 0.462. The van der Waals surface area contributed by atoms with E-state index in [1.165, 1.54) is 11.3 Å². The Morgan fingerprint density at radius 3 is 3.00 bits per heavy atom. The van der Waals surface area contributed by atoms with Crippen LogP contribution < -0.4 is 11.1 Å². The molecule has 2 unspecified atom stereocenters. The van der Waals surface area contributed by atoms with Gasteiger partial charge in [-0.3, -0.25) is 4.79 Å². The summed E-state index contributed by atoms with van der Waals surface area (Å²) in [5.74, 6) is -0.0524. The van der Waals surface area contributed by atoms with Crippen molar-refractivity contribution in [3.8, 4) is 0 Å². The van der Waals surface area contributed by atoms with Crippen molar-refractivity contribution in [1.82, 2.24) is 15.3 Å². The lowest BCUT2D eigenvalue weighted by Gasteiger charge is -2.18. The summed E-state index contributed by atoms with van der Waals surface area (Å²) >= 11 is 1.25. The van der Waals surface area contributed by atoms with Gasteiger partial charge < -0.3 is 16.2 Å². The number of aliphatic hydroxyl groups excluding tert-OH is 1. The van der Waals surface area contributed by atoms with Crippen LogP contribution in [0.5, 0.6) is 0 Å². The largest absolute Gasteiger partial charge is 0.396 e. The Balaban J connectivity index is 1.84. The van der Waals surface area contributed by atoms with Gasteiger partial charge in [-0.25, -0.2) is 9.97 Å². The van der Waals surface area contributed by atoms with Crippen LogP contribution in [0.3, 0.4) is 0 Å². The number of nitrogens with zero attached hydrogens (tertiary/aromatic N) is 2. The molecule has 4 N–H and O–H groups in total. The maximum atomic E-state index is 12.3. The van der Waals surface area contributed by atoms with E-state index in [0.717, 1.165) is 19.3 Å². The number of fused-ring (bicyclic) bond motifs is 1. The summed E-state index contributed by atoms with van der Waals surface area (Å²) in [6.07, 6.45) is 6.02. The SMILES string of the molecule is Nc1c(C(=O)NC2CCCC2CO)sc2nccnc12. The van der Waals surface area contributed by atoms with Gasteiger partial charge >= 0.3 is 0 Å². The van der Waals surface area contributed by atoms with E-state index in [4.69, 9.17) is 5.73 Å². The zero-order valence-corrected chi connectivity index (χ0v) is 11.7. The van der Waals surface area contributed by atoms with Gasteiger partial charge in [-0.1, -0.05) is 6.42 Å². The maximum Gasteiger partial charge on any atom is 0.263 e. The van der Waals surface area contributed by atoms with Crippen molar-refractivity contribution in [1.29, 1.82) is 0 Å². The molecule has 0 aliphatic heterocycles.